The first-order valence-corrected chi connectivity index (χ1v) is 3.96. The van der Waals surface area contributed by atoms with Crippen LogP contribution in [0.1, 0.15) is 5.56 Å². The molecule has 3 heteroatoms. The van der Waals surface area contributed by atoms with Crippen LogP contribution in [0.5, 0.6) is 0 Å². The van der Waals surface area contributed by atoms with Gasteiger partial charge in [0.05, 0.1) is 5.52 Å². The minimum absolute atomic E-state index is 0.212. The van der Waals surface area contributed by atoms with Crippen LogP contribution in [-0.4, -0.2) is 4.98 Å². The minimum atomic E-state index is -0.270. The van der Waals surface area contributed by atoms with Crippen molar-refractivity contribution in [2.24, 2.45) is 0 Å². The molecule has 13 heavy (non-hydrogen) atoms. The summed E-state index contributed by atoms with van der Waals surface area (Å²) in [6.45, 7) is 1.69. The number of aryl methyl sites for hydroxylation is 1. The van der Waals surface area contributed by atoms with Crippen LogP contribution >= 0.6 is 0 Å². The Morgan fingerprint density at radius 1 is 1.23 bits per heavy atom. The molecule has 0 fully saturated rings. The van der Waals surface area contributed by atoms with Gasteiger partial charge in [-0.2, -0.15) is 0 Å². The van der Waals surface area contributed by atoms with Gasteiger partial charge in [0.1, 0.15) is 5.82 Å². The molecule has 2 nitrogen and oxygen atoms in total. The van der Waals surface area contributed by atoms with Crippen molar-refractivity contribution in [3.63, 3.8) is 0 Å². The van der Waals surface area contributed by atoms with E-state index in [1.54, 1.807) is 19.1 Å². The summed E-state index contributed by atoms with van der Waals surface area (Å²) in [6, 6.07) is 6.17. The van der Waals surface area contributed by atoms with E-state index in [-0.39, 0.29) is 11.4 Å². The lowest BCUT2D eigenvalue weighted by Crippen LogP contribution is -2.03. The van der Waals surface area contributed by atoms with Gasteiger partial charge in [-0.25, -0.2) is 4.39 Å². The van der Waals surface area contributed by atoms with Gasteiger partial charge in [0.25, 0.3) is 0 Å². The van der Waals surface area contributed by atoms with Crippen molar-refractivity contribution in [2.45, 2.75) is 6.92 Å². The number of aromatic amines is 1. The predicted molar refractivity (Wildman–Crippen MR) is 49.3 cm³/mol. The molecule has 0 aliphatic carbocycles. The highest BCUT2D eigenvalue weighted by atomic mass is 19.1. The molecule has 0 saturated carbocycles. The van der Waals surface area contributed by atoms with Crippen LogP contribution in [0, 0.1) is 12.7 Å². The zero-order valence-corrected chi connectivity index (χ0v) is 7.10. The average molecular weight is 177 g/mol. The maximum atomic E-state index is 13.4. The van der Waals surface area contributed by atoms with Gasteiger partial charge in [0.15, 0.2) is 0 Å². The highest BCUT2D eigenvalue weighted by molar-refractivity contribution is 5.79. The quantitative estimate of drug-likeness (QED) is 0.655. The van der Waals surface area contributed by atoms with E-state index >= 15 is 0 Å². The first kappa shape index (κ1) is 7.98. The highest BCUT2D eigenvalue weighted by Gasteiger charge is 2.03. The van der Waals surface area contributed by atoms with Gasteiger partial charge in [-0.15, -0.1) is 0 Å². The van der Waals surface area contributed by atoms with Crippen molar-refractivity contribution >= 4 is 10.9 Å². The Kier molecular flexibility index (Phi) is 1.65. The monoisotopic (exact) mass is 177 g/mol. The van der Waals surface area contributed by atoms with Crippen LogP contribution < -0.4 is 5.56 Å². The van der Waals surface area contributed by atoms with Gasteiger partial charge in [-0.05, 0) is 24.6 Å². The molecule has 1 N–H and O–H groups in total. The summed E-state index contributed by atoms with van der Waals surface area (Å²) in [7, 11) is 0. The third-order valence-electron chi connectivity index (χ3n) is 2.03. The third-order valence-corrected chi connectivity index (χ3v) is 2.03. The number of H-pyrrole nitrogens is 1. The van der Waals surface area contributed by atoms with Crippen molar-refractivity contribution in [1.82, 2.24) is 4.98 Å². The molecule has 0 radical (unpaired) electrons. The van der Waals surface area contributed by atoms with Crippen LogP contribution in [0.25, 0.3) is 10.9 Å². The average Bonchev–Trinajstić information content (AvgIpc) is 2.12. The normalized spacial score (nSPS) is 10.6. The summed E-state index contributed by atoms with van der Waals surface area (Å²) in [5.41, 5.74) is 0.908. The van der Waals surface area contributed by atoms with Gasteiger partial charge in [-0.1, -0.05) is 6.07 Å². The van der Waals surface area contributed by atoms with Gasteiger partial charge in [-0.3, -0.25) is 4.79 Å². The van der Waals surface area contributed by atoms with Crippen molar-refractivity contribution in [3.8, 4) is 0 Å². The van der Waals surface area contributed by atoms with Gasteiger partial charge >= 0.3 is 0 Å². The molecule has 66 valence electrons. The largest absolute Gasteiger partial charge is 0.322 e. The van der Waals surface area contributed by atoms with Gasteiger partial charge in [0.2, 0.25) is 5.56 Å². The molecule has 1 aromatic carbocycles. The number of hydrogen-bond donors (Lipinski definition) is 1. The number of pyridine rings is 1. The second-order valence-corrected chi connectivity index (χ2v) is 2.98. The van der Waals surface area contributed by atoms with Crippen LogP contribution in [0.15, 0.2) is 29.1 Å². The Morgan fingerprint density at radius 3 is 2.77 bits per heavy atom. The molecule has 0 atom stereocenters. The van der Waals surface area contributed by atoms with E-state index in [2.05, 4.69) is 4.98 Å². The Labute approximate surface area is 74.0 Å². The Morgan fingerprint density at radius 2 is 2.00 bits per heavy atom. The summed E-state index contributed by atoms with van der Waals surface area (Å²) in [5, 5.41) is 0.458. The number of hydrogen-bond acceptors (Lipinski definition) is 1. The number of nitrogens with one attached hydrogen (secondary N) is 1. The predicted octanol–water partition coefficient (Wildman–Crippen LogP) is 1.98. The lowest BCUT2D eigenvalue weighted by molar-refractivity contribution is 0.630. The molecule has 0 aliphatic heterocycles. The van der Waals surface area contributed by atoms with E-state index in [0.29, 0.717) is 16.5 Å². The van der Waals surface area contributed by atoms with Gasteiger partial charge in [0, 0.05) is 11.5 Å². The van der Waals surface area contributed by atoms with Crippen molar-refractivity contribution < 1.29 is 4.39 Å². The second kappa shape index (κ2) is 2.69. The molecule has 1 heterocycles. The lowest BCUT2D eigenvalue weighted by Gasteiger charge is -2.00. The van der Waals surface area contributed by atoms with Crippen LogP contribution in [0.2, 0.25) is 0 Å². The highest BCUT2D eigenvalue weighted by Crippen LogP contribution is 2.16. The molecular formula is C10H8FNO. The zero-order valence-electron chi connectivity index (χ0n) is 7.10. The van der Waals surface area contributed by atoms with Crippen LogP contribution in [0.4, 0.5) is 4.39 Å². The fraction of sp³-hybridized carbons (Fsp3) is 0.100. The van der Waals surface area contributed by atoms with Crippen molar-refractivity contribution in [3.05, 3.63) is 46.0 Å². The molecular weight excluding hydrogens is 169 g/mol. The fourth-order valence-electron chi connectivity index (χ4n) is 1.31. The number of aromatic nitrogens is 1. The summed E-state index contributed by atoms with van der Waals surface area (Å²) < 4.78 is 13.4. The van der Waals surface area contributed by atoms with E-state index in [9.17, 15) is 9.18 Å². The van der Waals surface area contributed by atoms with E-state index in [1.165, 1.54) is 12.1 Å². The van der Waals surface area contributed by atoms with E-state index in [1.807, 2.05) is 0 Å². The molecule has 2 aromatic rings. The van der Waals surface area contributed by atoms with E-state index in [0.717, 1.165) is 0 Å². The van der Waals surface area contributed by atoms with E-state index in [4.69, 9.17) is 0 Å². The maximum absolute atomic E-state index is 13.4. The topological polar surface area (TPSA) is 32.9 Å². The summed E-state index contributed by atoms with van der Waals surface area (Å²) in [6.07, 6.45) is 0. The first-order chi connectivity index (χ1) is 6.18. The number of halogens is 1. The molecule has 0 amide bonds. The minimum Gasteiger partial charge on any atom is -0.322 e. The smallest absolute Gasteiger partial charge is 0.248 e. The molecule has 0 saturated heterocycles. The summed E-state index contributed by atoms with van der Waals surface area (Å²) in [5.74, 6) is -0.270. The maximum Gasteiger partial charge on any atom is 0.248 e. The Balaban J connectivity index is 2.95. The molecule has 2 rings (SSSR count). The first-order valence-electron chi connectivity index (χ1n) is 3.96. The van der Waals surface area contributed by atoms with Crippen LogP contribution in [-0.2, 0) is 0 Å². The Hall–Kier alpha value is -1.64. The lowest BCUT2D eigenvalue weighted by atomic mass is 10.1. The fourth-order valence-corrected chi connectivity index (χ4v) is 1.31. The van der Waals surface area contributed by atoms with Crippen molar-refractivity contribution in [1.29, 1.82) is 0 Å². The number of rotatable bonds is 0. The molecule has 0 bridgehead atoms. The second-order valence-electron chi connectivity index (χ2n) is 2.98. The zero-order chi connectivity index (χ0) is 9.42. The van der Waals surface area contributed by atoms with Crippen LogP contribution in [0.3, 0.4) is 0 Å². The molecule has 0 unspecified atom stereocenters. The summed E-state index contributed by atoms with van der Waals surface area (Å²) >= 11 is 0. The molecule has 1 aromatic heterocycles. The number of benzene rings is 1. The summed E-state index contributed by atoms with van der Waals surface area (Å²) in [4.78, 5) is 13.5. The van der Waals surface area contributed by atoms with Gasteiger partial charge < -0.3 is 4.98 Å². The third kappa shape index (κ3) is 1.22. The van der Waals surface area contributed by atoms with Crippen molar-refractivity contribution in [2.75, 3.05) is 0 Å². The van der Waals surface area contributed by atoms with E-state index < -0.39 is 0 Å². The SMILES string of the molecule is Cc1ccc2[nH]c(=O)ccc2c1F. The standard InChI is InChI=1S/C10H8FNO/c1-6-2-4-8-7(10(6)11)3-5-9(13)12-8/h2-5H,1H3,(H,12,13). The molecule has 0 spiro atoms. The molecule has 0 aliphatic rings. The number of fused-ring (bicyclic) bond motifs is 1. The Bertz CT molecular complexity index is 516.